The molecule has 1 aromatic rings. The lowest BCUT2D eigenvalue weighted by atomic mass is 9.69. The van der Waals surface area contributed by atoms with Gasteiger partial charge >= 0.3 is 6.09 Å². The maximum atomic E-state index is 12.9. The van der Waals surface area contributed by atoms with Crippen LogP contribution < -0.4 is 5.32 Å². The molecule has 4 aliphatic rings. The summed E-state index contributed by atoms with van der Waals surface area (Å²) in [7, 11) is 1.37. The third-order valence-corrected chi connectivity index (χ3v) is 7.79. The zero-order valence-electron chi connectivity index (χ0n) is 17.0. The predicted molar refractivity (Wildman–Crippen MR) is 106 cm³/mol. The summed E-state index contributed by atoms with van der Waals surface area (Å²) >= 11 is 0. The first-order valence-corrected chi connectivity index (χ1v) is 10.6. The third-order valence-electron chi connectivity index (χ3n) is 7.79. The van der Waals surface area contributed by atoms with Gasteiger partial charge in [-0.15, -0.1) is 0 Å². The number of amides is 2. The van der Waals surface area contributed by atoms with Crippen LogP contribution in [0.15, 0.2) is 24.3 Å². The van der Waals surface area contributed by atoms with E-state index in [1.165, 1.54) is 31.1 Å². The van der Waals surface area contributed by atoms with Crippen molar-refractivity contribution in [3.05, 3.63) is 35.4 Å². The maximum Gasteiger partial charge on any atom is 0.407 e. The fourth-order valence-corrected chi connectivity index (χ4v) is 5.94. The average Bonchev–Trinajstić information content (AvgIpc) is 3.55. The van der Waals surface area contributed by atoms with Crippen LogP contribution in [0.25, 0.3) is 0 Å². The topological polar surface area (TPSA) is 58.6 Å². The number of alkyl carbamates (subject to hydrolysis) is 1. The Morgan fingerprint density at radius 1 is 1.11 bits per heavy atom. The Balaban J connectivity index is 1.17. The quantitative estimate of drug-likeness (QED) is 0.865. The van der Waals surface area contributed by atoms with Gasteiger partial charge in [-0.2, -0.15) is 0 Å². The number of methoxy groups -OCH3 is 1. The standard InChI is InChI=1S/C23H30N2O3/c1-22(24-21(27)28-3)10-17(11-22)20(26)25-12-18-19(23(18,2)13-25)16-8-6-15(7-9-16)14-4-5-14/h6-9,14,17-19H,4-5,10-13H2,1-3H3,(H,24,27)/t17?,18-,19-,22?,23-/m0/s1. The third kappa shape index (κ3) is 2.82. The van der Waals surface area contributed by atoms with Gasteiger partial charge in [0.05, 0.1) is 7.11 Å². The van der Waals surface area contributed by atoms with Crippen LogP contribution in [0, 0.1) is 17.3 Å². The van der Waals surface area contributed by atoms with Crippen molar-refractivity contribution in [3.8, 4) is 0 Å². The number of nitrogens with one attached hydrogen (secondary N) is 1. The Hall–Kier alpha value is -2.04. The summed E-state index contributed by atoms with van der Waals surface area (Å²) in [5.41, 5.74) is 2.85. The normalized spacial score (nSPS) is 38.4. The lowest BCUT2D eigenvalue weighted by Gasteiger charge is -2.45. The molecule has 0 spiro atoms. The van der Waals surface area contributed by atoms with Gasteiger partial charge in [0.15, 0.2) is 0 Å². The SMILES string of the molecule is COC(=O)NC1(C)CC(C(=O)N2C[C@H]3[C@H](c4ccc(C5CC5)cc4)[C@@]3(C)C2)C1. The van der Waals surface area contributed by atoms with Crippen molar-refractivity contribution in [2.24, 2.45) is 17.3 Å². The molecule has 3 aliphatic carbocycles. The molecule has 5 heteroatoms. The molecule has 0 radical (unpaired) electrons. The van der Waals surface area contributed by atoms with E-state index in [0.29, 0.717) is 24.7 Å². The largest absolute Gasteiger partial charge is 0.453 e. The van der Waals surface area contributed by atoms with Crippen LogP contribution in [-0.4, -0.2) is 42.6 Å². The van der Waals surface area contributed by atoms with E-state index in [9.17, 15) is 9.59 Å². The number of carbonyl (C=O) groups is 2. The van der Waals surface area contributed by atoms with Gasteiger partial charge in [-0.1, -0.05) is 31.2 Å². The minimum Gasteiger partial charge on any atom is -0.453 e. The van der Waals surface area contributed by atoms with Crippen LogP contribution in [0.1, 0.15) is 62.5 Å². The Morgan fingerprint density at radius 3 is 2.29 bits per heavy atom. The van der Waals surface area contributed by atoms with Crippen LogP contribution in [0.3, 0.4) is 0 Å². The average molecular weight is 383 g/mol. The van der Waals surface area contributed by atoms with Crippen LogP contribution in [0.5, 0.6) is 0 Å². The first kappa shape index (κ1) is 18.0. The van der Waals surface area contributed by atoms with Crippen LogP contribution in [0.2, 0.25) is 0 Å². The lowest BCUT2D eigenvalue weighted by molar-refractivity contribution is -0.140. The van der Waals surface area contributed by atoms with E-state index in [1.54, 1.807) is 0 Å². The maximum absolute atomic E-state index is 12.9. The second-order valence-electron chi connectivity index (χ2n) is 10.0. The summed E-state index contributed by atoms with van der Waals surface area (Å²) in [5.74, 6) is 2.28. The molecule has 5 nitrogen and oxygen atoms in total. The van der Waals surface area contributed by atoms with Crippen LogP contribution in [-0.2, 0) is 9.53 Å². The number of piperidine rings is 1. The van der Waals surface area contributed by atoms with Crippen molar-refractivity contribution in [1.82, 2.24) is 10.2 Å². The molecule has 1 heterocycles. The number of likely N-dealkylation sites (tertiary alicyclic amines) is 1. The summed E-state index contributed by atoms with van der Waals surface area (Å²) < 4.78 is 4.68. The minimum atomic E-state index is -0.418. The van der Waals surface area contributed by atoms with E-state index in [2.05, 4.69) is 46.1 Å². The van der Waals surface area contributed by atoms with Gasteiger partial charge in [-0.3, -0.25) is 4.79 Å². The molecule has 150 valence electrons. The van der Waals surface area contributed by atoms with Gasteiger partial charge in [0, 0.05) is 24.5 Å². The summed E-state index contributed by atoms with van der Waals surface area (Å²) in [6.07, 6.45) is 3.67. The molecule has 2 amide bonds. The lowest BCUT2D eigenvalue weighted by Crippen LogP contribution is -2.58. The summed E-state index contributed by atoms with van der Waals surface area (Å²) in [5, 5.41) is 2.86. The second kappa shape index (κ2) is 5.98. The number of fused-ring (bicyclic) bond motifs is 1. The highest BCUT2D eigenvalue weighted by Crippen LogP contribution is 2.68. The highest BCUT2D eigenvalue weighted by molar-refractivity contribution is 5.81. The molecular formula is C23H30N2O3. The predicted octanol–water partition coefficient (Wildman–Crippen LogP) is 3.65. The Kier molecular flexibility index (Phi) is 3.85. The molecule has 28 heavy (non-hydrogen) atoms. The van der Waals surface area contributed by atoms with E-state index in [0.717, 1.165) is 19.0 Å². The molecular weight excluding hydrogens is 352 g/mol. The second-order valence-corrected chi connectivity index (χ2v) is 10.0. The summed E-state index contributed by atoms with van der Waals surface area (Å²) in [6, 6.07) is 9.28. The van der Waals surface area contributed by atoms with E-state index in [1.807, 2.05) is 6.92 Å². The van der Waals surface area contributed by atoms with Gasteiger partial charge in [0.25, 0.3) is 0 Å². The highest BCUT2D eigenvalue weighted by Gasteiger charge is 2.67. The molecule has 0 unspecified atom stereocenters. The zero-order chi connectivity index (χ0) is 19.7. The summed E-state index contributed by atoms with van der Waals surface area (Å²) in [6.45, 7) is 6.07. The van der Waals surface area contributed by atoms with E-state index in [-0.39, 0.29) is 22.8 Å². The fraction of sp³-hybridized carbons (Fsp3) is 0.652. The van der Waals surface area contributed by atoms with Gasteiger partial charge in [0.1, 0.15) is 0 Å². The number of ether oxygens (including phenoxy) is 1. The number of hydrogen-bond acceptors (Lipinski definition) is 3. The van der Waals surface area contributed by atoms with Crippen molar-refractivity contribution >= 4 is 12.0 Å². The Bertz CT molecular complexity index is 810. The Labute approximate surface area is 166 Å². The van der Waals surface area contributed by atoms with E-state index in [4.69, 9.17) is 0 Å². The fourth-order valence-electron chi connectivity index (χ4n) is 5.94. The van der Waals surface area contributed by atoms with Crippen molar-refractivity contribution in [1.29, 1.82) is 0 Å². The van der Waals surface area contributed by atoms with Crippen molar-refractivity contribution < 1.29 is 14.3 Å². The molecule has 1 aromatic carbocycles. The number of hydrogen-bond donors (Lipinski definition) is 1. The molecule has 0 aromatic heterocycles. The van der Waals surface area contributed by atoms with Gasteiger partial charge in [-0.05, 0) is 66.9 Å². The molecule has 5 rings (SSSR count). The van der Waals surface area contributed by atoms with Crippen molar-refractivity contribution in [3.63, 3.8) is 0 Å². The molecule has 1 aliphatic heterocycles. The molecule has 3 saturated carbocycles. The highest BCUT2D eigenvalue weighted by atomic mass is 16.5. The monoisotopic (exact) mass is 382 g/mol. The van der Waals surface area contributed by atoms with Crippen LogP contribution in [0.4, 0.5) is 4.79 Å². The van der Waals surface area contributed by atoms with Crippen LogP contribution >= 0.6 is 0 Å². The first-order valence-electron chi connectivity index (χ1n) is 10.6. The number of nitrogens with zero attached hydrogens (tertiary/aromatic N) is 1. The number of rotatable bonds is 4. The summed E-state index contributed by atoms with van der Waals surface area (Å²) in [4.78, 5) is 26.5. The number of benzene rings is 1. The molecule has 3 atom stereocenters. The molecule has 1 N–H and O–H groups in total. The van der Waals surface area contributed by atoms with Crippen molar-refractivity contribution in [2.45, 2.75) is 56.9 Å². The van der Waals surface area contributed by atoms with Gasteiger partial charge < -0.3 is 15.0 Å². The molecule has 4 fully saturated rings. The first-order chi connectivity index (χ1) is 13.3. The zero-order valence-corrected chi connectivity index (χ0v) is 17.0. The van der Waals surface area contributed by atoms with Gasteiger partial charge in [-0.25, -0.2) is 4.79 Å². The smallest absolute Gasteiger partial charge is 0.407 e. The minimum absolute atomic E-state index is 0.0273. The van der Waals surface area contributed by atoms with E-state index >= 15 is 0 Å². The Morgan fingerprint density at radius 2 is 1.75 bits per heavy atom. The van der Waals surface area contributed by atoms with E-state index < -0.39 is 6.09 Å². The van der Waals surface area contributed by atoms with Gasteiger partial charge in [0.2, 0.25) is 5.91 Å². The number of carbonyl (C=O) groups excluding carboxylic acids is 2. The van der Waals surface area contributed by atoms with Crippen molar-refractivity contribution in [2.75, 3.05) is 20.2 Å². The molecule has 1 saturated heterocycles. The molecule has 0 bridgehead atoms.